The van der Waals surface area contributed by atoms with Gasteiger partial charge in [-0.05, 0) is 20.0 Å². The van der Waals surface area contributed by atoms with Gasteiger partial charge in [0.05, 0.1) is 13.2 Å². The number of fused-ring (bicyclic) bond motifs is 1. The van der Waals surface area contributed by atoms with Gasteiger partial charge >= 0.3 is 0 Å². The SMILES string of the molecule is CN1CCC2COCC21. The van der Waals surface area contributed by atoms with Gasteiger partial charge in [0.1, 0.15) is 0 Å². The van der Waals surface area contributed by atoms with Crippen LogP contribution in [-0.4, -0.2) is 37.7 Å². The zero-order chi connectivity index (χ0) is 6.27. The fourth-order valence-electron chi connectivity index (χ4n) is 1.89. The maximum Gasteiger partial charge on any atom is 0.0625 e. The lowest BCUT2D eigenvalue weighted by molar-refractivity contribution is 0.156. The van der Waals surface area contributed by atoms with Crippen molar-refractivity contribution in [1.29, 1.82) is 0 Å². The van der Waals surface area contributed by atoms with Crippen LogP contribution in [0.5, 0.6) is 0 Å². The average molecular weight is 127 g/mol. The van der Waals surface area contributed by atoms with Crippen molar-refractivity contribution in [3.63, 3.8) is 0 Å². The van der Waals surface area contributed by atoms with Crippen LogP contribution in [0.2, 0.25) is 0 Å². The third kappa shape index (κ3) is 0.775. The summed E-state index contributed by atoms with van der Waals surface area (Å²) in [4.78, 5) is 2.41. The van der Waals surface area contributed by atoms with Crippen molar-refractivity contribution in [3.8, 4) is 0 Å². The molecule has 2 saturated heterocycles. The molecule has 0 saturated carbocycles. The van der Waals surface area contributed by atoms with Crippen molar-refractivity contribution < 1.29 is 4.74 Å². The molecule has 2 rings (SSSR count). The van der Waals surface area contributed by atoms with Crippen molar-refractivity contribution in [1.82, 2.24) is 4.90 Å². The molecular weight excluding hydrogens is 114 g/mol. The van der Waals surface area contributed by atoms with Gasteiger partial charge in [-0.25, -0.2) is 0 Å². The largest absolute Gasteiger partial charge is 0.379 e. The molecule has 2 fully saturated rings. The summed E-state index contributed by atoms with van der Waals surface area (Å²) in [5.74, 6) is 0.856. The van der Waals surface area contributed by atoms with Gasteiger partial charge in [0.25, 0.3) is 0 Å². The van der Waals surface area contributed by atoms with Crippen LogP contribution in [0.1, 0.15) is 6.42 Å². The Kier molecular flexibility index (Phi) is 1.24. The molecule has 0 N–H and O–H groups in total. The summed E-state index contributed by atoms with van der Waals surface area (Å²) in [6.07, 6.45) is 1.35. The number of ether oxygens (including phenoxy) is 1. The Morgan fingerprint density at radius 1 is 1.44 bits per heavy atom. The zero-order valence-corrected chi connectivity index (χ0v) is 5.84. The molecule has 2 nitrogen and oxygen atoms in total. The quantitative estimate of drug-likeness (QED) is 0.465. The summed E-state index contributed by atoms with van der Waals surface area (Å²) in [6, 6.07) is 0.755. The molecule has 52 valence electrons. The van der Waals surface area contributed by atoms with Crippen molar-refractivity contribution in [2.45, 2.75) is 12.5 Å². The highest BCUT2D eigenvalue weighted by atomic mass is 16.5. The molecule has 2 unspecified atom stereocenters. The van der Waals surface area contributed by atoms with E-state index >= 15 is 0 Å². The molecule has 0 spiro atoms. The standard InChI is InChI=1S/C7H13NO/c1-8-3-2-6-4-9-5-7(6)8/h6-7H,2-5H2,1H3. The second kappa shape index (κ2) is 1.96. The topological polar surface area (TPSA) is 12.5 Å². The number of likely N-dealkylation sites (tertiary alicyclic amines) is 1. The molecule has 0 aromatic carbocycles. The summed E-state index contributed by atoms with van der Waals surface area (Å²) in [6.45, 7) is 3.26. The third-order valence-electron chi connectivity index (χ3n) is 2.58. The molecule has 0 amide bonds. The van der Waals surface area contributed by atoms with Gasteiger partial charge in [-0.15, -0.1) is 0 Å². The first-order valence-corrected chi connectivity index (χ1v) is 3.66. The first kappa shape index (κ1) is 5.69. The van der Waals surface area contributed by atoms with E-state index in [0.29, 0.717) is 0 Å². The van der Waals surface area contributed by atoms with Crippen LogP contribution in [0.3, 0.4) is 0 Å². The van der Waals surface area contributed by atoms with Gasteiger partial charge in [0.2, 0.25) is 0 Å². The second-order valence-corrected chi connectivity index (χ2v) is 3.13. The van der Waals surface area contributed by atoms with Gasteiger partial charge in [-0.1, -0.05) is 0 Å². The minimum absolute atomic E-state index is 0.755. The highest BCUT2D eigenvalue weighted by molar-refractivity contribution is 4.88. The van der Waals surface area contributed by atoms with E-state index in [-0.39, 0.29) is 0 Å². The fourth-order valence-corrected chi connectivity index (χ4v) is 1.89. The molecule has 2 aliphatic heterocycles. The average Bonchev–Trinajstić information content (AvgIpc) is 2.35. The van der Waals surface area contributed by atoms with Gasteiger partial charge in [-0.2, -0.15) is 0 Å². The molecular formula is C7H13NO. The molecule has 9 heavy (non-hydrogen) atoms. The number of hydrogen-bond acceptors (Lipinski definition) is 2. The molecule has 2 aliphatic rings. The van der Waals surface area contributed by atoms with E-state index in [4.69, 9.17) is 4.74 Å². The maximum absolute atomic E-state index is 5.34. The Bertz CT molecular complexity index is 115. The van der Waals surface area contributed by atoms with E-state index in [2.05, 4.69) is 11.9 Å². The minimum Gasteiger partial charge on any atom is -0.379 e. The van der Waals surface area contributed by atoms with Crippen LogP contribution in [-0.2, 0) is 4.74 Å². The lowest BCUT2D eigenvalue weighted by Gasteiger charge is -2.15. The van der Waals surface area contributed by atoms with Crippen LogP contribution in [0.15, 0.2) is 0 Å². The first-order valence-electron chi connectivity index (χ1n) is 3.66. The molecule has 0 aliphatic carbocycles. The number of likely N-dealkylation sites (N-methyl/N-ethyl adjacent to an activating group) is 1. The Hall–Kier alpha value is -0.0800. The van der Waals surface area contributed by atoms with Crippen molar-refractivity contribution >= 4 is 0 Å². The highest BCUT2D eigenvalue weighted by Gasteiger charge is 2.35. The number of nitrogens with zero attached hydrogens (tertiary/aromatic N) is 1. The van der Waals surface area contributed by atoms with Crippen molar-refractivity contribution in [2.75, 3.05) is 26.8 Å². The lowest BCUT2D eigenvalue weighted by atomic mass is 10.1. The second-order valence-electron chi connectivity index (χ2n) is 3.13. The van der Waals surface area contributed by atoms with E-state index in [1.54, 1.807) is 0 Å². The molecule has 0 radical (unpaired) electrons. The number of hydrogen-bond donors (Lipinski definition) is 0. The summed E-state index contributed by atoms with van der Waals surface area (Å²) < 4.78 is 5.34. The predicted octanol–water partition coefficient (Wildman–Crippen LogP) is 0.337. The van der Waals surface area contributed by atoms with Gasteiger partial charge < -0.3 is 9.64 Å². The molecule has 0 aromatic rings. The predicted molar refractivity (Wildman–Crippen MR) is 35.3 cm³/mol. The number of rotatable bonds is 0. The summed E-state index contributed by atoms with van der Waals surface area (Å²) in [5.41, 5.74) is 0. The smallest absolute Gasteiger partial charge is 0.0625 e. The van der Waals surface area contributed by atoms with Crippen molar-refractivity contribution in [3.05, 3.63) is 0 Å². The molecule has 2 heterocycles. The highest BCUT2D eigenvalue weighted by Crippen LogP contribution is 2.27. The van der Waals surface area contributed by atoms with Crippen LogP contribution in [0.25, 0.3) is 0 Å². The zero-order valence-electron chi connectivity index (χ0n) is 5.84. The van der Waals surface area contributed by atoms with E-state index in [1.165, 1.54) is 13.0 Å². The van der Waals surface area contributed by atoms with E-state index in [9.17, 15) is 0 Å². The van der Waals surface area contributed by atoms with Crippen LogP contribution in [0.4, 0.5) is 0 Å². The molecule has 0 aromatic heterocycles. The minimum atomic E-state index is 0.755. The van der Waals surface area contributed by atoms with Crippen LogP contribution < -0.4 is 0 Å². The monoisotopic (exact) mass is 127 g/mol. The van der Waals surface area contributed by atoms with E-state index in [1.807, 2.05) is 0 Å². The van der Waals surface area contributed by atoms with E-state index < -0.39 is 0 Å². The van der Waals surface area contributed by atoms with Gasteiger partial charge in [0, 0.05) is 12.0 Å². The van der Waals surface area contributed by atoms with Crippen molar-refractivity contribution in [2.24, 2.45) is 5.92 Å². The summed E-state index contributed by atoms with van der Waals surface area (Å²) in [5, 5.41) is 0. The Balaban J connectivity index is 2.07. The van der Waals surface area contributed by atoms with Gasteiger partial charge in [0.15, 0.2) is 0 Å². The molecule has 2 atom stereocenters. The maximum atomic E-state index is 5.34. The van der Waals surface area contributed by atoms with Crippen LogP contribution >= 0.6 is 0 Å². The normalized spacial score (nSPS) is 43.7. The Morgan fingerprint density at radius 2 is 2.33 bits per heavy atom. The van der Waals surface area contributed by atoms with Crippen LogP contribution in [0, 0.1) is 5.92 Å². The summed E-state index contributed by atoms with van der Waals surface area (Å²) >= 11 is 0. The lowest BCUT2D eigenvalue weighted by Crippen LogP contribution is -2.28. The van der Waals surface area contributed by atoms with E-state index in [0.717, 1.165) is 25.2 Å². The van der Waals surface area contributed by atoms with Gasteiger partial charge in [-0.3, -0.25) is 0 Å². The molecule has 0 bridgehead atoms. The summed E-state index contributed by atoms with van der Waals surface area (Å²) in [7, 11) is 2.19. The third-order valence-corrected chi connectivity index (χ3v) is 2.58. The Labute approximate surface area is 55.8 Å². The first-order chi connectivity index (χ1) is 4.38. The Morgan fingerprint density at radius 3 is 3.11 bits per heavy atom. The fraction of sp³-hybridized carbons (Fsp3) is 1.00. The molecule has 2 heteroatoms.